The van der Waals surface area contributed by atoms with Gasteiger partial charge in [-0.15, -0.1) is 0 Å². The molecule has 214 valence electrons. The van der Waals surface area contributed by atoms with E-state index in [-0.39, 0.29) is 5.41 Å². The number of hydrogen-bond donors (Lipinski definition) is 0. The van der Waals surface area contributed by atoms with Crippen LogP contribution in [0.1, 0.15) is 31.9 Å². The van der Waals surface area contributed by atoms with E-state index >= 15 is 0 Å². The molecular weight excluding hydrogens is 538 g/mol. The van der Waals surface area contributed by atoms with Crippen LogP contribution in [0.3, 0.4) is 0 Å². The second kappa shape index (κ2) is 10.4. The van der Waals surface area contributed by atoms with E-state index in [4.69, 9.17) is 11.0 Å². The molecule has 0 saturated carbocycles. The summed E-state index contributed by atoms with van der Waals surface area (Å²) in [4.78, 5) is 6.14. The molecular formula is C40H34N3O+. The quantitative estimate of drug-likeness (QED) is 0.155. The fourth-order valence-corrected chi connectivity index (χ4v) is 6.22. The number of pyridine rings is 1. The summed E-state index contributed by atoms with van der Waals surface area (Å²) >= 11 is 0. The lowest BCUT2D eigenvalue weighted by molar-refractivity contribution is -0.661. The minimum Gasteiger partial charge on any atom is -0.454 e. The number of fused-ring (bicyclic) bond motifs is 5. The van der Waals surface area contributed by atoms with E-state index in [2.05, 4.69) is 122 Å². The van der Waals surface area contributed by atoms with E-state index in [0.29, 0.717) is 5.69 Å². The van der Waals surface area contributed by atoms with Crippen LogP contribution in [-0.4, -0.2) is 0 Å². The molecule has 7 aromatic rings. The molecule has 0 aliphatic carbocycles. The zero-order valence-corrected chi connectivity index (χ0v) is 25.7. The van der Waals surface area contributed by atoms with Gasteiger partial charge in [-0.1, -0.05) is 75.4 Å². The third-order valence-electron chi connectivity index (χ3n) is 8.57. The van der Waals surface area contributed by atoms with E-state index in [1.54, 1.807) is 0 Å². The SMILES string of the molecule is [C-]#[N+]c1cc2ccc3c4ccc(C)c(-c5ccc(C(C)(C)C)c[n+]5C)c4oc3c2cc1N(c1ccccc1)c1ccccc1. The smallest absolute Gasteiger partial charge is 0.216 e. The normalized spacial score (nSPS) is 11.7. The minimum absolute atomic E-state index is 0.0604. The standard InChI is InChI=1S/C40H34N3O/c1-26-17-20-32-31-21-18-27-23-34(41-5)36(43(29-13-9-7-10-14-29)30-15-11-8-12-16-30)24-33(27)38(31)44-39(32)37(26)35-22-19-28(25-42(35)6)40(2,3)4/h7-25H,1-4,6H3/q+1. The van der Waals surface area contributed by atoms with Crippen molar-refractivity contribution >= 4 is 55.5 Å². The van der Waals surface area contributed by atoms with Crippen LogP contribution in [0.5, 0.6) is 0 Å². The van der Waals surface area contributed by atoms with Crippen molar-refractivity contribution in [2.45, 2.75) is 33.1 Å². The number of para-hydroxylation sites is 2. The molecule has 0 saturated heterocycles. The topological polar surface area (TPSA) is 24.6 Å². The van der Waals surface area contributed by atoms with Crippen LogP contribution in [0.15, 0.2) is 120 Å². The van der Waals surface area contributed by atoms with Gasteiger partial charge in [0.1, 0.15) is 18.2 Å². The Balaban J connectivity index is 1.51. The predicted molar refractivity (Wildman–Crippen MR) is 182 cm³/mol. The van der Waals surface area contributed by atoms with Crippen LogP contribution in [-0.2, 0) is 12.5 Å². The van der Waals surface area contributed by atoms with Gasteiger partial charge in [0.2, 0.25) is 11.4 Å². The number of furan rings is 1. The first-order chi connectivity index (χ1) is 21.2. The molecule has 2 heterocycles. The highest BCUT2D eigenvalue weighted by atomic mass is 16.3. The molecule has 0 radical (unpaired) electrons. The molecule has 0 atom stereocenters. The molecule has 0 amide bonds. The largest absolute Gasteiger partial charge is 0.454 e. The van der Waals surface area contributed by atoms with E-state index in [1.807, 2.05) is 42.5 Å². The van der Waals surface area contributed by atoms with E-state index < -0.39 is 0 Å². The third kappa shape index (κ3) is 4.49. The van der Waals surface area contributed by atoms with E-state index in [1.165, 1.54) is 5.56 Å². The van der Waals surface area contributed by atoms with Gasteiger partial charge in [0, 0.05) is 39.2 Å². The fraction of sp³-hybridized carbons (Fsp3) is 0.150. The Hall–Kier alpha value is -5.40. The molecule has 4 nitrogen and oxygen atoms in total. The number of hydrogen-bond acceptors (Lipinski definition) is 2. The Labute approximate surface area is 258 Å². The molecule has 0 aliphatic heterocycles. The Kier molecular flexibility index (Phi) is 6.48. The maximum absolute atomic E-state index is 8.12. The monoisotopic (exact) mass is 572 g/mol. The molecule has 0 aliphatic rings. The highest BCUT2D eigenvalue weighted by Crippen LogP contribution is 2.45. The average Bonchev–Trinajstić information content (AvgIpc) is 3.41. The van der Waals surface area contributed by atoms with Crippen LogP contribution in [0.2, 0.25) is 0 Å². The molecule has 2 aromatic heterocycles. The highest BCUT2D eigenvalue weighted by molar-refractivity contribution is 6.18. The summed E-state index contributed by atoms with van der Waals surface area (Å²) < 4.78 is 9.11. The van der Waals surface area contributed by atoms with Crippen LogP contribution < -0.4 is 9.47 Å². The number of aryl methyl sites for hydroxylation is 2. The van der Waals surface area contributed by atoms with Crippen LogP contribution in [0.25, 0.3) is 48.8 Å². The molecule has 44 heavy (non-hydrogen) atoms. The fourth-order valence-electron chi connectivity index (χ4n) is 6.22. The lowest BCUT2D eigenvalue weighted by atomic mass is 9.88. The number of anilines is 3. The summed E-state index contributed by atoms with van der Waals surface area (Å²) in [5.74, 6) is 0. The summed E-state index contributed by atoms with van der Waals surface area (Å²) in [6.45, 7) is 17.0. The second-order valence-corrected chi connectivity index (χ2v) is 12.5. The molecule has 4 heteroatoms. The van der Waals surface area contributed by atoms with Crippen molar-refractivity contribution < 1.29 is 8.98 Å². The van der Waals surface area contributed by atoms with Gasteiger partial charge in [0.25, 0.3) is 0 Å². The molecule has 0 spiro atoms. The van der Waals surface area contributed by atoms with Crippen molar-refractivity contribution in [2.24, 2.45) is 7.05 Å². The van der Waals surface area contributed by atoms with Crippen molar-refractivity contribution in [3.05, 3.63) is 138 Å². The number of rotatable bonds is 4. The van der Waals surface area contributed by atoms with Gasteiger partial charge in [-0.25, -0.2) is 9.41 Å². The van der Waals surface area contributed by atoms with Gasteiger partial charge in [-0.3, -0.25) is 0 Å². The number of nitrogens with zero attached hydrogens (tertiary/aromatic N) is 3. The first-order valence-electron chi connectivity index (χ1n) is 15.0. The van der Waals surface area contributed by atoms with Gasteiger partial charge >= 0.3 is 0 Å². The molecule has 0 N–H and O–H groups in total. The molecule has 0 unspecified atom stereocenters. The average molecular weight is 573 g/mol. The highest BCUT2D eigenvalue weighted by Gasteiger charge is 2.25. The van der Waals surface area contributed by atoms with E-state index in [0.717, 1.165) is 66.6 Å². The lowest BCUT2D eigenvalue weighted by Gasteiger charge is -2.27. The Morgan fingerprint density at radius 2 is 1.36 bits per heavy atom. The first kappa shape index (κ1) is 27.4. The van der Waals surface area contributed by atoms with Crippen molar-refractivity contribution in [3.63, 3.8) is 0 Å². The van der Waals surface area contributed by atoms with Crippen molar-refractivity contribution in [1.82, 2.24) is 0 Å². The summed E-state index contributed by atoms with van der Waals surface area (Å²) in [7, 11) is 2.11. The maximum atomic E-state index is 8.12. The molecule has 5 aromatic carbocycles. The molecule has 7 rings (SSSR count). The first-order valence-corrected chi connectivity index (χ1v) is 15.0. The van der Waals surface area contributed by atoms with Crippen molar-refractivity contribution in [1.29, 1.82) is 0 Å². The number of benzene rings is 5. The Morgan fingerprint density at radius 1 is 0.727 bits per heavy atom. The van der Waals surface area contributed by atoms with Crippen LogP contribution >= 0.6 is 0 Å². The second-order valence-electron chi connectivity index (χ2n) is 12.5. The summed E-state index contributed by atoms with van der Waals surface area (Å²) in [6.07, 6.45) is 2.23. The van der Waals surface area contributed by atoms with Gasteiger partial charge in [-0.2, -0.15) is 0 Å². The van der Waals surface area contributed by atoms with Gasteiger partial charge < -0.3 is 9.32 Å². The van der Waals surface area contributed by atoms with Gasteiger partial charge in [0.15, 0.2) is 6.20 Å². The summed E-state index contributed by atoms with van der Waals surface area (Å²) in [6, 6.07) is 37.6. The predicted octanol–water partition coefficient (Wildman–Crippen LogP) is 10.9. The summed E-state index contributed by atoms with van der Waals surface area (Å²) in [5, 5.41) is 4.11. The lowest BCUT2D eigenvalue weighted by Crippen LogP contribution is -2.33. The van der Waals surface area contributed by atoms with Crippen molar-refractivity contribution in [2.75, 3.05) is 4.90 Å². The van der Waals surface area contributed by atoms with E-state index in [9.17, 15) is 0 Å². The number of aromatic nitrogens is 1. The minimum atomic E-state index is 0.0604. The molecule has 0 fully saturated rings. The third-order valence-corrected chi connectivity index (χ3v) is 8.57. The Morgan fingerprint density at radius 3 is 1.98 bits per heavy atom. The zero-order chi connectivity index (χ0) is 30.6. The van der Waals surface area contributed by atoms with Gasteiger partial charge in [-0.05, 0) is 71.8 Å². The van der Waals surface area contributed by atoms with Crippen molar-refractivity contribution in [3.8, 4) is 11.3 Å². The summed E-state index contributed by atoms with van der Waals surface area (Å²) in [5.41, 5.74) is 9.81. The molecule has 0 bridgehead atoms. The zero-order valence-electron chi connectivity index (χ0n) is 25.7. The van der Waals surface area contributed by atoms with Gasteiger partial charge in [0.05, 0.1) is 17.8 Å². The maximum Gasteiger partial charge on any atom is 0.216 e. The Bertz CT molecular complexity index is 2190. The van der Waals surface area contributed by atoms with Crippen LogP contribution in [0.4, 0.5) is 22.7 Å². The van der Waals surface area contributed by atoms with Crippen LogP contribution in [0, 0.1) is 13.5 Å².